The standard InChI is InChI=1S/C11H14BrF2N3O2/c12-9-7(15-4-8(18)10(13)14)3-16-17(11(9)19)5-6-1-2-6/h3,6,8,10,15,18H,1-2,4-5H2. The number of nitrogens with one attached hydrogen (secondary N) is 1. The number of hydrogen-bond donors (Lipinski definition) is 2. The smallest absolute Gasteiger partial charge is 0.283 e. The first-order valence-corrected chi connectivity index (χ1v) is 6.74. The van der Waals surface area contributed by atoms with Gasteiger partial charge in [0.15, 0.2) is 0 Å². The molecule has 8 heteroatoms. The Bertz CT molecular complexity index is 505. The van der Waals surface area contributed by atoms with E-state index >= 15 is 0 Å². The van der Waals surface area contributed by atoms with E-state index in [1.54, 1.807) is 0 Å². The van der Waals surface area contributed by atoms with Gasteiger partial charge in [0.2, 0.25) is 0 Å². The van der Waals surface area contributed by atoms with Gasteiger partial charge in [0.25, 0.3) is 12.0 Å². The molecule has 1 saturated carbocycles. The minimum absolute atomic E-state index is 0.240. The van der Waals surface area contributed by atoms with Crippen molar-refractivity contribution in [1.29, 1.82) is 0 Å². The first kappa shape index (κ1) is 14.4. The molecule has 0 aromatic carbocycles. The Hall–Kier alpha value is -1.02. The minimum atomic E-state index is -2.82. The van der Waals surface area contributed by atoms with Crippen molar-refractivity contribution in [3.63, 3.8) is 0 Å². The van der Waals surface area contributed by atoms with Gasteiger partial charge in [-0.1, -0.05) is 0 Å². The van der Waals surface area contributed by atoms with Gasteiger partial charge in [0, 0.05) is 13.1 Å². The van der Waals surface area contributed by atoms with E-state index < -0.39 is 12.5 Å². The Labute approximate surface area is 116 Å². The zero-order valence-corrected chi connectivity index (χ0v) is 11.6. The van der Waals surface area contributed by atoms with Gasteiger partial charge in [0.05, 0.1) is 11.9 Å². The van der Waals surface area contributed by atoms with Gasteiger partial charge < -0.3 is 10.4 Å². The normalized spacial score (nSPS) is 16.7. The highest BCUT2D eigenvalue weighted by atomic mass is 79.9. The molecule has 1 atom stereocenters. The molecule has 5 nitrogen and oxygen atoms in total. The zero-order chi connectivity index (χ0) is 14.0. The topological polar surface area (TPSA) is 67.2 Å². The van der Waals surface area contributed by atoms with E-state index in [-0.39, 0.29) is 16.6 Å². The Balaban J connectivity index is 2.05. The van der Waals surface area contributed by atoms with Crippen LogP contribution in [0.5, 0.6) is 0 Å². The second-order valence-corrected chi connectivity index (χ2v) is 5.38. The lowest BCUT2D eigenvalue weighted by Crippen LogP contribution is -2.29. The molecule has 1 aromatic heterocycles. The van der Waals surface area contributed by atoms with Crippen LogP contribution in [-0.4, -0.2) is 34.0 Å². The van der Waals surface area contributed by atoms with E-state index in [2.05, 4.69) is 26.3 Å². The van der Waals surface area contributed by atoms with Crippen molar-refractivity contribution in [2.75, 3.05) is 11.9 Å². The zero-order valence-electron chi connectivity index (χ0n) is 10.0. The number of alkyl halides is 2. The summed E-state index contributed by atoms with van der Waals surface area (Å²) in [5.41, 5.74) is 0.000170. The van der Waals surface area contributed by atoms with Gasteiger partial charge >= 0.3 is 0 Å². The van der Waals surface area contributed by atoms with Crippen LogP contribution in [0.25, 0.3) is 0 Å². The van der Waals surface area contributed by atoms with Crippen molar-refractivity contribution in [2.45, 2.75) is 31.9 Å². The molecular formula is C11H14BrF2N3O2. The third kappa shape index (κ3) is 3.73. The first-order valence-electron chi connectivity index (χ1n) is 5.94. The predicted molar refractivity (Wildman–Crippen MR) is 69.4 cm³/mol. The number of halogens is 3. The van der Waals surface area contributed by atoms with Gasteiger partial charge in [-0.2, -0.15) is 5.10 Å². The summed E-state index contributed by atoms with van der Waals surface area (Å²) in [7, 11) is 0. The average Bonchev–Trinajstić information content (AvgIpc) is 3.17. The molecule has 0 spiro atoms. The van der Waals surface area contributed by atoms with E-state index in [9.17, 15) is 13.6 Å². The Morgan fingerprint density at radius 3 is 2.84 bits per heavy atom. The number of hydrogen-bond acceptors (Lipinski definition) is 4. The van der Waals surface area contributed by atoms with E-state index in [4.69, 9.17) is 5.11 Å². The molecule has 1 aliphatic rings. The van der Waals surface area contributed by atoms with Crippen molar-refractivity contribution in [3.8, 4) is 0 Å². The summed E-state index contributed by atoms with van der Waals surface area (Å²) in [6.45, 7) is 0.237. The van der Waals surface area contributed by atoms with Gasteiger partial charge in [-0.3, -0.25) is 4.79 Å². The first-order chi connectivity index (χ1) is 8.99. The number of aromatic nitrogens is 2. The van der Waals surface area contributed by atoms with Crippen molar-refractivity contribution in [3.05, 3.63) is 21.0 Å². The fourth-order valence-corrected chi connectivity index (χ4v) is 2.01. The van der Waals surface area contributed by atoms with E-state index in [1.165, 1.54) is 10.9 Å². The molecule has 1 aliphatic carbocycles. The SMILES string of the molecule is O=c1c(Br)c(NCC(O)C(F)F)cnn1CC1CC1. The van der Waals surface area contributed by atoms with Gasteiger partial charge in [-0.15, -0.1) is 0 Å². The maximum Gasteiger partial charge on any atom is 0.283 e. The van der Waals surface area contributed by atoms with Crippen LogP contribution < -0.4 is 10.9 Å². The second-order valence-electron chi connectivity index (χ2n) is 4.59. The largest absolute Gasteiger partial charge is 0.385 e. The Kier molecular flexibility index (Phi) is 4.51. The lowest BCUT2D eigenvalue weighted by Gasteiger charge is -2.13. The maximum atomic E-state index is 12.1. The summed E-state index contributed by atoms with van der Waals surface area (Å²) < 4.78 is 25.9. The molecule has 0 radical (unpaired) electrons. The van der Waals surface area contributed by atoms with Gasteiger partial charge in [0.1, 0.15) is 10.6 Å². The molecule has 106 valence electrons. The monoisotopic (exact) mass is 337 g/mol. The summed E-state index contributed by atoms with van der Waals surface area (Å²) >= 11 is 3.12. The summed E-state index contributed by atoms with van der Waals surface area (Å²) in [6, 6.07) is 0. The van der Waals surface area contributed by atoms with E-state index in [0.717, 1.165) is 12.8 Å². The second kappa shape index (κ2) is 5.96. The molecule has 0 amide bonds. The molecule has 0 bridgehead atoms. The van der Waals surface area contributed by atoms with Crippen molar-refractivity contribution >= 4 is 21.6 Å². The average molecular weight is 338 g/mol. The van der Waals surface area contributed by atoms with Crippen molar-refractivity contribution in [2.24, 2.45) is 5.92 Å². The fourth-order valence-electron chi connectivity index (χ4n) is 1.57. The number of aliphatic hydroxyl groups excluding tert-OH is 1. The van der Waals surface area contributed by atoms with E-state index in [0.29, 0.717) is 18.2 Å². The molecule has 2 rings (SSSR count). The number of rotatable bonds is 6. The molecule has 2 N–H and O–H groups in total. The Morgan fingerprint density at radius 1 is 1.58 bits per heavy atom. The number of anilines is 1. The molecule has 0 saturated heterocycles. The summed E-state index contributed by atoms with van der Waals surface area (Å²) in [5, 5.41) is 15.6. The van der Waals surface area contributed by atoms with Crippen LogP contribution in [0.2, 0.25) is 0 Å². The molecule has 0 aliphatic heterocycles. The van der Waals surface area contributed by atoms with Crippen LogP contribution >= 0.6 is 15.9 Å². The van der Waals surface area contributed by atoms with Crippen molar-refractivity contribution < 1.29 is 13.9 Å². The Morgan fingerprint density at radius 2 is 2.26 bits per heavy atom. The highest BCUT2D eigenvalue weighted by Gasteiger charge is 2.23. The van der Waals surface area contributed by atoms with Gasteiger partial charge in [-0.05, 0) is 34.7 Å². The third-order valence-electron chi connectivity index (χ3n) is 2.91. The molecule has 1 aromatic rings. The third-order valence-corrected chi connectivity index (χ3v) is 3.67. The summed E-state index contributed by atoms with van der Waals surface area (Å²) in [5.74, 6) is 0.511. The maximum absolute atomic E-state index is 12.1. The van der Waals surface area contributed by atoms with Crippen LogP contribution in [0.3, 0.4) is 0 Å². The van der Waals surface area contributed by atoms with Crippen LogP contribution in [0.4, 0.5) is 14.5 Å². The van der Waals surface area contributed by atoms with Crippen LogP contribution in [-0.2, 0) is 6.54 Å². The van der Waals surface area contributed by atoms with Gasteiger partial charge in [-0.25, -0.2) is 13.5 Å². The number of aliphatic hydroxyl groups is 1. The summed E-state index contributed by atoms with van der Waals surface area (Å²) in [6.07, 6.45) is -1.000. The van der Waals surface area contributed by atoms with Crippen LogP contribution in [0.1, 0.15) is 12.8 Å². The molecule has 1 heterocycles. The molecule has 1 fully saturated rings. The lowest BCUT2D eigenvalue weighted by atomic mass is 10.3. The quantitative estimate of drug-likeness (QED) is 0.824. The highest BCUT2D eigenvalue weighted by Crippen LogP contribution is 2.30. The predicted octanol–water partition coefficient (Wildman–Crippen LogP) is 1.45. The fraction of sp³-hybridized carbons (Fsp3) is 0.636. The van der Waals surface area contributed by atoms with Crippen LogP contribution in [0.15, 0.2) is 15.5 Å². The van der Waals surface area contributed by atoms with E-state index in [1.807, 2.05) is 0 Å². The summed E-state index contributed by atoms with van der Waals surface area (Å²) in [4.78, 5) is 11.9. The molecule has 19 heavy (non-hydrogen) atoms. The molecule has 1 unspecified atom stereocenters. The highest BCUT2D eigenvalue weighted by molar-refractivity contribution is 9.10. The molecular weight excluding hydrogens is 324 g/mol. The number of nitrogens with zero attached hydrogens (tertiary/aromatic N) is 2. The van der Waals surface area contributed by atoms with Crippen LogP contribution in [0, 0.1) is 5.92 Å². The van der Waals surface area contributed by atoms with Crippen molar-refractivity contribution in [1.82, 2.24) is 9.78 Å². The minimum Gasteiger partial charge on any atom is -0.385 e. The lowest BCUT2D eigenvalue weighted by molar-refractivity contribution is 0.00383.